The predicted octanol–water partition coefficient (Wildman–Crippen LogP) is 4.54. The third-order valence-corrected chi connectivity index (χ3v) is 3.26. The monoisotopic (exact) mass is 329 g/mol. The van der Waals surface area contributed by atoms with Gasteiger partial charge in [-0.15, -0.1) is 0 Å². The van der Waals surface area contributed by atoms with Crippen LogP contribution in [-0.4, -0.2) is 42.3 Å². The Bertz CT molecular complexity index is 336. The molecule has 0 aromatic carbocycles. The van der Waals surface area contributed by atoms with Gasteiger partial charge in [-0.2, -0.15) is 0 Å². The number of carbonyl (C=O) groups excluding carboxylic acids is 2. The van der Waals surface area contributed by atoms with Gasteiger partial charge in [0.05, 0.1) is 6.61 Å². The molecule has 0 saturated heterocycles. The highest BCUT2D eigenvalue weighted by molar-refractivity contribution is 5.69. The van der Waals surface area contributed by atoms with E-state index < -0.39 is 5.60 Å². The number of carbonyl (C=O) groups is 2. The predicted molar refractivity (Wildman–Crippen MR) is 92.4 cm³/mol. The van der Waals surface area contributed by atoms with Gasteiger partial charge in [0, 0.05) is 19.5 Å². The average molecular weight is 329 g/mol. The first-order chi connectivity index (χ1) is 10.8. The van der Waals surface area contributed by atoms with Crippen molar-refractivity contribution in [1.82, 2.24) is 4.90 Å². The molecule has 0 heterocycles. The lowest BCUT2D eigenvalue weighted by Crippen LogP contribution is -2.37. The van der Waals surface area contributed by atoms with Gasteiger partial charge in [-0.25, -0.2) is 4.79 Å². The molecule has 0 spiro atoms. The summed E-state index contributed by atoms with van der Waals surface area (Å²) >= 11 is 0. The SMILES string of the molecule is CCCN(CCCCCCCC(=O)OCC)C(=O)OC(C)(C)C. The number of rotatable bonds is 11. The summed E-state index contributed by atoms with van der Waals surface area (Å²) < 4.78 is 10.3. The fourth-order valence-corrected chi connectivity index (χ4v) is 2.23. The number of ether oxygens (including phenoxy) is 2. The molecule has 0 bridgehead atoms. The van der Waals surface area contributed by atoms with Crippen molar-refractivity contribution < 1.29 is 19.1 Å². The van der Waals surface area contributed by atoms with Gasteiger partial charge in [-0.3, -0.25) is 4.79 Å². The van der Waals surface area contributed by atoms with Crippen molar-refractivity contribution in [1.29, 1.82) is 0 Å². The molecule has 0 aliphatic heterocycles. The molecule has 5 heteroatoms. The highest BCUT2D eigenvalue weighted by atomic mass is 16.6. The van der Waals surface area contributed by atoms with Crippen LogP contribution in [0.1, 0.15) is 79.6 Å². The Balaban J connectivity index is 3.84. The quantitative estimate of drug-likeness (QED) is 0.412. The number of nitrogens with zero attached hydrogens (tertiary/aromatic N) is 1. The number of hydrogen-bond acceptors (Lipinski definition) is 4. The standard InChI is InChI=1S/C18H35NO4/c1-6-14-19(17(21)23-18(3,4)5)15-12-10-8-9-11-13-16(20)22-7-2/h6-15H2,1-5H3. The number of esters is 1. The summed E-state index contributed by atoms with van der Waals surface area (Å²) in [5.41, 5.74) is -0.448. The maximum atomic E-state index is 12.1. The third kappa shape index (κ3) is 12.9. The zero-order valence-corrected chi connectivity index (χ0v) is 15.7. The lowest BCUT2D eigenvalue weighted by Gasteiger charge is -2.27. The molecule has 0 N–H and O–H groups in total. The van der Waals surface area contributed by atoms with Crippen molar-refractivity contribution in [2.75, 3.05) is 19.7 Å². The van der Waals surface area contributed by atoms with Gasteiger partial charge in [0.1, 0.15) is 5.60 Å². The zero-order valence-electron chi connectivity index (χ0n) is 15.7. The Morgan fingerprint density at radius 2 is 1.52 bits per heavy atom. The molecular weight excluding hydrogens is 294 g/mol. The second kappa shape index (κ2) is 12.2. The Morgan fingerprint density at radius 3 is 2.09 bits per heavy atom. The van der Waals surface area contributed by atoms with E-state index in [1.807, 2.05) is 27.7 Å². The smallest absolute Gasteiger partial charge is 0.410 e. The Labute approximate surface area is 141 Å². The van der Waals surface area contributed by atoms with E-state index in [-0.39, 0.29) is 12.1 Å². The van der Waals surface area contributed by atoms with Crippen LogP contribution in [0.25, 0.3) is 0 Å². The van der Waals surface area contributed by atoms with Gasteiger partial charge in [0.25, 0.3) is 0 Å². The van der Waals surface area contributed by atoms with Crippen LogP contribution in [0.3, 0.4) is 0 Å². The molecule has 5 nitrogen and oxygen atoms in total. The molecule has 1 amide bonds. The van der Waals surface area contributed by atoms with Crippen LogP contribution in [0.4, 0.5) is 4.79 Å². The lowest BCUT2D eigenvalue weighted by atomic mass is 10.1. The first-order valence-electron chi connectivity index (χ1n) is 8.93. The summed E-state index contributed by atoms with van der Waals surface area (Å²) in [5, 5.41) is 0. The van der Waals surface area contributed by atoms with Crippen LogP contribution in [0, 0.1) is 0 Å². The molecule has 23 heavy (non-hydrogen) atoms. The van der Waals surface area contributed by atoms with Crippen LogP contribution in [0.2, 0.25) is 0 Å². The van der Waals surface area contributed by atoms with Gasteiger partial charge in [-0.05, 0) is 47.0 Å². The summed E-state index contributed by atoms with van der Waals surface area (Å²) in [6.07, 6.45) is 6.23. The van der Waals surface area contributed by atoms with E-state index in [1.54, 1.807) is 4.90 Å². The second-order valence-corrected chi connectivity index (χ2v) is 6.79. The van der Waals surface area contributed by atoms with Crippen molar-refractivity contribution in [3.8, 4) is 0 Å². The van der Waals surface area contributed by atoms with Crippen molar-refractivity contribution in [3.05, 3.63) is 0 Å². The highest BCUT2D eigenvalue weighted by Gasteiger charge is 2.21. The normalized spacial score (nSPS) is 11.2. The largest absolute Gasteiger partial charge is 0.466 e. The van der Waals surface area contributed by atoms with Crippen molar-refractivity contribution in [3.63, 3.8) is 0 Å². The molecule has 0 atom stereocenters. The maximum Gasteiger partial charge on any atom is 0.410 e. The Morgan fingerprint density at radius 1 is 0.913 bits per heavy atom. The molecule has 0 fully saturated rings. The fourth-order valence-electron chi connectivity index (χ4n) is 2.23. The number of amides is 1. The summed E-state index contributed by atoms with van der Waals surface area (Å²) in [4.78, 5) is 25.1. The lowest BCUT2D eigenvalue weighted by molar-refractivity contribution is -0.143. The minimum Gasteiger partial charge on any atom is -0.466 e. The molecular formula is C18H35NO4. The highest BCUT2D eigenvalue weighted by Crippen LogP contribution is 2.12. The molecule has 136 valence electrons. The summed E-state index contributed by atoms with van der Waals surface area (Å²) in [6.45, 7) is 11.5. The van der Waals surface area contributed by atoms with E-state index >= 15 is 0 Å². The first kappa shape index (κ1) is 21.7. The molecule has 0 aliphatic rings. The van der Waals surface area contributed by atoms with Gasteiger partial charge in [0.2, 0.25) is 0 Å². The first-order valence-corrected chi connectivity index (χ1v) is 8.93. The number of unbranched alkanes of at least 4 members (excludes halogenated alkanes) is 4. The maximum absolute atomic E-state index is 12.1. The second-order valence-electron chi connectivity index (χ2n) is 6.79. The van der Waals surface area contributed by atoms with E-state index in [0.29, 0.717) is 13.0 Å². The van der Waals surface area contributed by atoms with Crippen molar-refractivity contribution in [2.45, 2.75) is 85.2 Å². The average Bonchev–Trinajstić information content (AvgIpc) is 2.43. The zero-order chi connectivity index (χ0) is 17.7. The van der Waals surface area contributed by atoms with E-state index in [4.69, 9.17) is 9.47 Å². The topological polar surface area (TPSA) is 55.8 Å². The van der Waals surface area contributed by atoms with Crippen LogP contribution < -0.4 is 0 Å². The summed E-state index contributed by atoms with van der Waals surface area (Å²) in [6, 6.07) is 0. The van der Waals surface area contributed by atoms with Gasteiger partial charge in [-0.1, -0.05) is 26.2 Å². The van der Waals surface area contributed by atoms with Gasteiger partial charge >= 0.3 is 12.1 Å². The summed E-state index contributed by atoms with van der Waals surface area (Å²) in [5.74, 6) is -0.105. The van der Waals surface area contributed by atoms with Crippen LogP contribution in [-0.2, 0) is 14.3 Å². The minimum absolute atomic E-state index is 0.105. The fraction of sp³-hybridized carbons (Fsp3) is 0.889. The molecule has 0 rings (SSSR count). The molecule has 0 aromatic heterocycles. The van der Waals surface area contributed by atoms with Crippen LogP contribution in [0.5, 0.6) is 0 Å². The molecule has 0 aromatic rings. The van der Waals surface area contributed by atoms with Crippen molar-refractivity contribution in [2.24, 2.45) is 0 Å². The van der Waals surface area contributed by atoms with E-state index in [9.17, 15) is 9.59 Å². The number of hydrogen-bond donors (Lipinski definition) is 0. The molecule has 0 unspecified atom stereocenters. The summed E-state index contributed by atoms with van der Waals surface area (Å²) in [7, 11) is 0. The van der Waals surface area contributed by atoms with Crippen LogP contribution >= 0.6 is 0 Å². The molecule has 0 saturated carbocycles. The van der Waals surface area contributed by atoms with Gasteiger partial charge in [0.15, 0.2) is 0 Å². The van der Waals surface area contributed by atoms with Crippen molar-refractivity contribution >= 4 is 12.1 Å². The third-order valence-electron chi connectivity index (χ3n) is 3.26. The molecule has 0 aliphatic carbocycles. The van der Waals surface area contributed by atoms with Gasteiger partial charge < -0.3 is 14.4 Å². The van der Waals surface area contributed by atoms with E-state index in [1.165, 1.54) is 0 Å². The van der Waals surface area contributed by atoms with Crippen LogP contribution in [0.15, 0.2) is 0 Å². The minimum atomic E-state index is -0.448. The van der Waals surface area contributed by atoms with E-state index in [0.717, 1.165) is 51.6 Å². The molecule has 0 radical (unpaired) electrons. The Hall–Kier alpha value is -1.26. The Kier molecular flexibility index (Phi) is 11.5. The van der Waals surface area contributed by atoms with E-state index in [2.05, 4.69) is 6.92 Å².